The zero-order valence-corrected chi connectivity index (χ0v) is 15.1. The van der Waals surface area contributed by atoms with Crippen LogP contribution in [0.3, 0.4) is 0 Å². The molecule has 2 rings (SSSR count). The number of halogens is 2. The van der Waals surface area contributed by atoms with E-state index < -0.39 is 0 Å². The SMILES string of the molecule is Cl.NCC1CCCN1C(=O)CCCCOc1ccc(Br)cc1. The summed E-state index contributed by atoms with van der Waals surface area (Å²) in [5, 5.41) is 0. The van der Waals surface area contributed by atoms with Crippen molar-refractivity contribution in [1.29, 1.82) is 0 Å². The normalized spacial score (nSPS) is 17.2. The number of amides is 1. The predicted molar refractivity (Wildman–Crippen MR) is 94.5 cm³/mol. The van der Waals surface area contributed by atoms with Crippen LogP contribution < -0.4 is 10.5 Å². The molecule has 4 nitrogen and oxygen atoms in total. The number of nitrogens with zero attached hydrogens (tertiary/aromatic N) is 1. The predicted octanol–water partition coefficient (Wildman–Crippen LogP) is 3.37. The quantitative estimate of drug-likeness (QED) is 0.725. The Morgan fingerprint density at radius 3 is 2.73 bits per heavy atom. The minimum Gasteiger partial charge on any atom is -0.494 e. The molecule has 1 saturated heterocycles. The maximum absolute atomic E-state index is 12.1. The van der Waals surface area contributed by atoms with Crippen LogP contribution in [-0.4, -0.2) is 36.5 Å². The molecule has 0 spiro atoms. The van der Waals surface area contributed by atoms with Crippen LogP contribution in [0.1, 0.15) is 32.1 Å². The number of hydrogen-bond donors (Lipinski definition) is 1. The van der Waals surface area contributed by atoms with Crippen LogP contribution in [0, 0.1) is 0 Å². The molecule has 22 heavy (non-hydrogen) atoms. The van der Waals surface area contributed by atoms with Gasteiger partial charge in [-0.2, -0.15) is 0 Å². The van der Waals surface area contributed by atoms with E-state index in [4.69, 9.17) is 10.5 Å². The molecule has 0 saturated carbocycles. The number of hydrogen-bond acceptors (Lipinski definition) is 3. The Hall–Kier alpha value is -0.780. The van der Waals surface area contributed by atoms with Crippen LogP contribution in [0.2, 0.25) is 0 Å². The zero-order valence-electron chi connectivity index (χ0n) is 12.7. The molecule has 0 aromatic heterocycles. The molecule has 1 fully saturated rings. The number of nitrogens with two attached hydrogens (primary N) is 1. The molecule has 1 aromatic carbocycles. The molecule has 1 aromatic rings. The third kappa shape index (κ3) is 5.78. The Morgan fingerprint density at radius 2 is 2.05 bits per heavy atom. The van der Waals surface area contributed by atoms with Crippen molar-refractivity contribution in [2.45, 2.75) is 38.1 Å². The van der Waals surface area contributed by atoms with Gasteiger partial charge in [-0.1, -0.05) is 15.9 Å². The van der Waals surface area contributed by atoms with Crippen molar-refractivity contribution in [3.05, 3.63) is 28.7 Å². The Labute approximate surface area is 146 Å². The molecule has 1 atom stereocenters. The van der Waals surface area contributed by atoms with Gasteiger partial charge in [0, 0.05) is 30.0 Å². The third-order valence-corrected chi connectivity index (χ3v) is 4.37. The number of likely N-dealkylation sites (tertiary alicyclic amines) is 1. The lowest BCUT2D eigenvalue weighted by Gasteiger charge is -2.23. The van der Waals surface area contributed by atoms with E-state index >= 15 is 0 Å². The van der Waals surface area contributed by atoms with Gasteiger partial charge in [-0.25, -0.2) is 0 Å². The zero-order chi connectivity index (χ0) is 15.1. The Morgan fingerprint density at radius 1 is 1.32 bits per heavy atom. The highest BCUT2D eigenvalue weighted by atomic mass is 79.9. The fourth-order valence-electron chi connectivity index (χ4n) is 2.65. The first kappa shape index (κ1) is 19.3. The molecule has 0 aliphatic carbocycles. The standard InChI is InChI=1S/C16H23BrN2O2.ClH/c17-13-6-8-15(9-7-13)21-11-2-1-5-16(20)19-10-3-4-14(19)12-18;/h6-9,14H,1-5,10-12,18H2;1H. The van der Waals surface area contributed by atoms with Crippen LogP contribution in [0.25, 0.3) is 0 Å². The number of carbonyl (C=O) groups excluding carboxylic acids is 1. The fourth-order valence-corrected chi connectivity index (χ4v) is 2.92. The van der Waals surface area contributed by atoms with Crippen molar-refractivity contribution in [2.75, 3.05) is 19.7 Å². The summed E-state index contributed by atoms with van der Waals surface area (Å²) in [5.74, 6) is 1.11. The Balaban J connectivity index is 0.00000242. The van der Waals surface area contributed by atoms with Gasteiger partial charge in [0.1, 0.15) is 5.75 Å². The van der Waals surface area contributed by atoms with Crippen LogP contribution in [-0.2, 0) is 4.79 Å². The van der Waals surface area contributed by atoms with E-state index in [2.05, 4.69) is 15.9 Å². The topological polar surface area (TPSA) is 55.6 Å². The van der Waals surface area contributed by atoms with Gasteiger partial charge in [0.25, 0.3) is 0 Å². The Kier molecular flexibility index (Phi) is 8.83. The van der Waals surface area contributed by atoms with Crippen molar-refractivity contribution in [3.63, 3.8) is 0 Å². The van der Waals surface area contributed by atoms with E-state index in [1.165, 1.54) is 0 Å². The van der Waals surface area contributed by atoms with Gasteiger partial charge in [-0.05, 0) is 49.9 Å². The van der Waals surface area contributed by atoms with Crippen molar-refractivity contribution >= 4 is 34.2 Å². The minimum atomic E-state index is 0. The van der Waals surface area contributed by atoms with E-state index in [1.54, 1.807) is 0 Å². The van der Waals surface area contributed by atoms with Gasteiger partial charge in [0.15, 0.2) is 0 Å². The molecular weight excluding hydrogens is 368 g/mol. The molecule has 124 valence electrons. The highest BCUT2D eigenvalue weighted by molar-refractivity contribution is 9.10. The summed E-state index contributed by atoms with van der Waals surface area (Å²) in [7, 11) is 0. The van der Waals surface area contributed by atoms with E-state index in [1.807, 2.05) is 29.2 Å². The summed E-state index contributed by atoms with van der Waals surface area (Å²) in [6, 6.07) is 8.05. The average Bonchev–Trinajstić information content (AvgIpc) is 2.97. The first-order valence-electron chi connectivity index (χ1n) is 7.58. The summed E-state index contributed by atoms with van der Waals surface area (Å²) in [4.78, 5) is 14.1. The maximum atomic E-state index is 12.1. The molecule has 1 amide bonds. The van der Waals surface area contributed by atoms with Crippen molar-refractivity contribution in [2.24, 2.45) is 5.73 Å². The number of ether oxygens (including phenoxy) is 1. The molecular formula is C16H24BrClN2O2. The smallest absolute Gasteiger partial charge is 0.222 e. The number of rotatable bonds is 7. The fraction of sp³-hybridized carbons (Fsp3) is 0.562. The number of benzene rings is 1. The largest absolute Gasteiger partial charge is 0.494 e. The minimum absolute atomic E-state index is 0. The Bertz CT molecular complexity index is 456. The van der Waals surface area contributed by atoms with Gasteiger partial charge in [-0.15, -0.1) is 12.4 Å². The molecule has 1 heterocycles. The second kappa shape index (κ2) is 10.1. The van der Waals surface area contributed by atoms with E-state index in [-0.39, 0.29) is 24.4 Å². The lowest BCUT2D eigenvalue weighted by molar-refractivity contribution is -0.132. The molecule has 1 aliphatic heterocycles. The van der Waals surface area contributed by atoms with Crippen molar-refractivity contribution < 1.29 is 9.53 Å². The summed E-state index contributed by atoms with van der Waals surface area (Å²) in [6.07, 6.45) is 4.49. The first-order chi connectivity index (χ1) is 10.2. The lowest BCUT2D eigenvalue weighted by Crippen LogP contribution is -2.39. The van der Waals surface area contributed by atoms with Crippen LogP contribution in [0.4, 0.5) is 0 Å². The third-order valence-electron chi connectivity index (χ3n) is 3.84. The van der Waals surface area contributed by atoms with E-state index in [0.717, 1.165) is 42.5 Å². The summed E-state index contributed by atoms with van der Waals surface area (Å²) in [5.41, 5.74) is 5.70. The van der Waals surface area contributed by atoms with Gasteiger partial charge in [-0.3, -0.25) is 4.79 Å². The molecule has 1 aliphatic rings. The van der Waals surface area contributed by atoms with Crippen molar-refractivity contribution in [1.82, 2.24) is 4.90 Å². The van der Waals surface area contributed by atoms with Crippen LogP contribution in [0.15, 0.2) is 28.7 Å². The lowest BCUT2D eigenvalue weighted by atomic mass is 10.2. The molecule has 6 heteroatoms. The molecule has 2 N–H and O–H groups in total. The summed E-state index contributed by atoms with van der Waals surface area (Å²) >= 11 is 3.39. The second-order valence-corrected chi connectivity index (χ2v) is 6.29. The monoisotopic (exact) mass is 390 g/mol. The highest BCUT2D eigenvalue weighted by Gasteiger charge is 2.26. The summed E-state index contributed by atoms with van der Waals surface area (Å²) in [6.45, 7) is 2.10. The number of carbonyl (C=O) groups is 1. The maximum Gasteiger partial charge on any atom is 0.222 e. The number of unbranched alkanes of at least 4 members (excludes halogenated alkanes) is 1. The van der Waals surface area contributed by atoms with Gasteiger partial charge < -0.3 is 15.4 Å². The summed E-state index contributed by atoms with van der Waals surface area (Å²) < 4.78 is 6.69. The van der Waals surface area contributed by atoms with Crippen molar-refractivity contribution in [3.8, 4) is 5.75 Å². The van der Waals surface area contributed by atoms with Crippen LogP contribution in [0.5, 0.6) is 5.75 Å². The molecule has 0 radical (unpaired) electrons. The highest BCUT2D eigenvalue weighted by Crippen LogP contribution is 2.19. The van der Waals surface area contributed by atoms with Gasteiger partial charge >= 0.3 is 0 Å². The second-order valence-electron chi connectivity index (χ2n) is 5.38. The van der Waals surface area contributed by atoms with Gasteiger partial charge in [0.2, 0.25) is 5.91 Å². The van der Waals surface area contributed by atoms with E-state index in [9.17, 15) is 4.79 Å². The molecule has 0 bridgehead atoms. The first-order valence-corrected chi connectivity index (χ1v) is 8.38. The average molecular weight is 392 g/mol. The van der Waals surface area contributed by atoms with Crippen LogP contribution >= 0.6 is 28.3 Å². The molecule has 1 unspecified atom stereocenters. The van der Waals surface area contributed by atoms with Gasteiger partial charge in [0.05, 0.1) is 6.61 Å². The van der Waals surface area contributed by atoms with E-state index in [0.29, 0.717) is 19.6 Å².